The molecule has 1 saturated heterocycles. The third-order valence-corrected chi connectivity index (χ3v) is 7.00. The van der Waals surface area contributed by atoms with E-state index >= 15 is 0 Å². The van der Waals surface area contributed by atoms with E-state index in [0.717, 1.165) is 48.4 Å². The number of hydrogen-bond donors (Lipinski definition) is 1. The van der Waals surface area contributed by atoms with Crippen molar-refractivity contribution < 1.29 is 8.42 Å². The molecule has 0 saturated carbocycles. The SMILES string of the molecule is CCN1CCN(c2ccccc2NS(=O)(=O)c2ccc(Br)c(C)c2)CC1. The molecule has 0 amide bonds. The minimum Gasteiger partial charge on any atom is -0.367 e. The van der Waals surface area contributed by atoms with E-state index in [1.807, 2.05) is 31.2 Å². The number of nitrogens with one attached hydrogen (secondary N) is 1. The highest BCUT2D eigenvalue weighted by Gasteiger charge is 2.21. The van der Waals surface area contributed by atoms with Crippen LogP contribution < -0.4 is 9.62 Å². The van der Waals surface area contributed by atoms with Gasteiger partial charge in [-0.1, -0.05) is 35.0 Å². The van der Waals surface area contributed by atoms with Crippen molar-refractivity contribution in [3.8, 4) is 0 Å². The van der Waals surface area contributed by atoms with Crippen LogP contribution in [0.3, 0.4) is 0 Å². The van der Waals surface area contributed by atoms with E-state index in [1.54, 1.807) is 18.2 Å². The lowest BCUT2D eigenvalue weighted by Crippen LogP contribution is -2.46. The summed E-state index contributed by atoms with van der Waals surface area (Å²) in [6, 6.07) is 12.7. The first kappa shape index (κ1) is 19.2. The maximum absolute atomic E-state index is 12.8. The molecule has 0 aliphatic carbocycles. The first-order valence-corrected chi connectivity index (χ1v) is 11.0. The van der Waals surface area contributed by atoms with Gasteiger partial charge in [0.25, 0.3) is 10.0 Å². The third kappa shape index (κ3) is 4.22. The summed E-state index contributed by atoms with van der Waals surface area (Å²) < 4.78 is 29.4. The number of aryl methyl sites for hydroxylation is 1. The van der Waals surface area contributed by atoms with Crippen molar-refractivity contribution >= 4 is 37.3 Å². The Balaban J connectivity index is 1.85. The number of benzene rings is 2. The van der Waals surface area contributed by atoms with Gasteiger partial charge in [-0.15, -0.1) is 0 Å². The predicted octanol–water partition coefficient (Wildman–Crippen LogP) is 3.70. The summed E-state index contributed by atoms with van der Waals surface area (Å²) in [4.78, 5) is 4.91. The van der Waals surface area contributed by atoms with E-state index in [4.69, 9.17) is 0 Å². The Hall–Kier alpha value is -1.57. The van der Waals surface area contributed by atoms with Gasteiger partial charge in [-0.05, 0) is 49.4 Å². The van der Waals surface area contributed by atoms with Crippen LogP contribution >= 0.6 is 15.9 Å². The zero-order valence-corrected chi connectivity index (χ0v) is 17.5. The van der Waals surface area contributed by atoms with Gasteiger partial charge < -0.3 is 9.80 Å². The summed E-state index contributed by atoms with van der Waals surface area (Å²) in [6.45, 7) is 8.86. The maximum Gasteiger partial charge on any atom is 0.261 e. The summed E-state index contributed by atoms with van der Waals surface area (Å²) in [6.07, 6.45) is 0. The van der Waals surface area contributed by atoms with Crippen LogP contribution in [0.2, 0.25) is 0 Å². The molecule has 7 heteroatoms. The second-order valence-corrected chi connectivity index (χ2v) is 8.99. The van der Waals surface area contributed by atoms with Crippen molar-refractivity contribution in [1.29, 1.82) is 0 Å². The monoisotopic (exact) mass is 437 g/mol. The van der Waals surface area contributed by atoms with E-state index in [0.29, 0.717) is 5.69 Å². The van der Waals surface area contributed by atoms with Crippen LogP contribution in [0.5, 0.6) is 0 Å². The van der Waals surface area contributed by atoms with Crippen molar-refractivity contribution in [2.24, 2.45) is 0 Å². The van der Waals surface area contributed by atoms with Crippen LogP contribution in [0.25, 0.3) is 0 Å². The number of rotatable bonds is 5. The fraction of sp³-hybridized carbons (Fsp3) is 0.368. The number of para-hydroxylation sites is 2. The Morgan fingerprint density at radius 1 is 1.08 bits per heavy atom. The molecule has 140 valence electrons. The fourth-order valence-electron chi connectivity index (χ4n) is 3.13. The van der Waals surface area contributed by atoms with Crippen LogP contribution in [0.15, 0.2) is 51.8 Å². The van der Waals surface area contributed by atoms with Crippen molar-refractivity contribution in [2.45, 2.75) is 18.7 Å². The molecular weight excluding hydrogens is 414 g/mol. The Morgan fingerprint density at radius 2 is 1.77 bits per heavy atom. The van der Waals surface area contributed by atoms with Crippen LogP contribution in [0.4, 0.5) is 11.4 Å². The summed E-state index contributed by atoms with van der Waals surface area (Å²) in [5, 5.41) is 0. The minimum absolute atomic E-state index is 0.267. The topological polar surface area (TPSA) is 52.6 Å². The molecule has 2 aromatic carbocycles. The Bertz CT molecular complexity index is 878. The molecule has 0 bridgehead atoms. The molecular formula is C19H24BrN3O2S. The average Bonchev–Trinajstić information content (AvgIpc) is 2.64. The number of nitrogens with zero attached hydrogens (tertiary/aromatic N) is 2. The zero-order chi connectivity index (χ0) is 18.7. The molecule has 1 heterocycles. The van der Waals surface area contributed by atoms with Crippen LogP contribution in [0, 0.1) is 6.92 Å². The van der Waals surface area contributed by atoms with Gasteiger partial charge in [0.2, 0.25) is 0 Å². The molecule has 3 rings (SSSR count). The third-order valence-electron chi connectivity index (χ3n) is 4.75. The van der Waals surface area contributed by atoms with E-state index < -0.39 is 10.0 Å². The molecule has 0 unspecified atom stereocenters. The number of piperazine rings is 1. The number of anilines is 2. The smallest absolute Gasteiger partial charge is 0.261 e. The summed E-state index contributed by atoms with van der Waals surface area (Å²) in [5.74, 6) is 0. The number of likely N-dealkylation sites (N-methyl/N-ethyl adjacent to an activating group) is 1. The largest absolute Gasteiger partial charge is 0.367 e. The fourth-order valence-corrected chi connectivity index (χ4v) is 4.53. The molecule has 1 aliphatic heterocycles. The highest BCUT2D eigenvalue weighted by molar-refractivity contribution is 9.10. The molecule has 2 aromatic rings. The Morgan fingerprint density at radius 3 is 2.42 bits per heavy atom. The summed E-state index contributed by atoms with van der Waals surface area (Å²) in [5.41, 5.74) is 2.44. The van der Waals surface area contributed by atoms with Gasteiger partial charge in [0.1, 0.15) is 0 Å². The average molecular weight is 438 g/mol. The van der Waals surface area contributed by atoms with Crippen molar-refractivity contribution in [3.63, 3.8) is 0 Å². The zero-order valence-electron chi connectivity index (χ0n) is 15.1. The van der Waals surface area contributed by atoms with E-state index in [1.165, 1.54) is 0 Å². The first-order valence-electron chi connectivity index (χ1n) is 8.76. The van der Waals surface area contributed by atoms with Gasteiger partial charge in [-0.2, -0.15) is 0 Å². The standard InChI is InChI=1S/C19H24BrN3O2S/c1-3-22-10-12-23(13-11-22)19-7-5-4-6-18(19)21-26(24,25)16-8-9-17(20)15(2)14-16/h4-9,14,21H,3,10-13H2,1-2H3. The molecule has 5 nitrogen and oxygen atoms in total. The van der Waals surface area contributed by atoms with E-state index in [-0.39, 0.29) is 4.90 Å². The maximum atomic E-state index is 12.8. The molecule has 0 atom stereocenters. The van der Waals surface area contributed by atoms with Gasteiger partial charge in [-0.25, -0.2) is 8.42 Å². The first-order chi connectivity index (χ1) is 12.4. The molecule has 0 spiro atoms. The highest BCUT2D eigenvalue weighted by Crippen LogP contribution is 2.29. The van der Waals surface area contributed by atoms with Gasteiger partial charge in [-0.3, -0.25) is 4.72 Å². The van der Waals surface area contributed by atoms with Gasteiger partial charge in [0.15, 0.2) is 0 Å². The van der Waals surface area contributed by atoms with E-state index in [2.05, 4.69) is 37.4 Å². The highest BCUT2D eigenvalue weighted by atomic mass is 79.9. The van der Waals surface area contributed by atoms with E-state index in [9.17, 15) is 8.42 Å². The molecule has 0 aromatic heterocycles. The predicted molar refractivity (Wildman–Crippen MR) is 110 cm³/mol. The molecule has 1 fully saturated rings. The Kier molecular flexibility index (Phi) is 5.89. The minimum atomic E-state index is -3.64. The van der Waals surface area contributed by atoms with Crippen LogP contribution in [-0.4, -0.2) is 46.0 Å². The molecule has 1 aliphatic rings. The van der Waals surface area contributed by atoms with Gasteiger partial charge in [0.05, 0.1) is 16.3 Å². The van der Waals surface area contributed by atoms with Crippen molar-refractivity contribution in [3.05, 3.63) is 52.5 Å². The molecule has 26 heavy (non-hydrogen) atoms. The summed E-state index contributed by atoms with van der Waals surface area (Å²) in [7, 11) is -3.64. The number of hydrogen-bond acceptors (Lipinski definition) is 4. The quantitative estimate of drug-likeness (QED) is 0.774. The lowest BCUT2D eigenvalue weighted by molar-refractivity contribution is 0.271. The van der Waals surface area contributed by atoms with Crippen molar-refractivity contribution in [2.75, 3.05) is 42.3 Å². The number of sulfonamides is 1. The normalized spacial score (nSPS) is 15.9. The van der Waals surface area contributed by atoms with Crippen molar-refractivity contribution in [1.82, 2.24) is 4.90 Å². The number of halogens is 1. The lowest BCUT2D eigenvalue weighted by atomic mass is 10.2. The lowest BCUT2D eigenvalue weighted by Gasteiger charge is -2.36. The molecule has 0 radical (unpaired) electrons. The van der Waals surface area contributed by atoms with Crippen LogP contribution in [-0.2, 0) is 10.0 Å². The van der Waals surface area contributed by atoms with Gasteiger partial charge >= 0.3 is 0 Å². The second-order valence-electron chi connectivity index (χ2n) is 6.45. The van der Waals surface area contributed by atoms with Gasteiger partial charge in [0, 0.05) is 30.7 Å². The second kappa shape index (κ2) is 7.98. The Labute approximate surface area is 164 Å². The molecule has 1 N–H and O–H groups in total. The summed E-state index contributed by atoms with van der Waals surface area (Å²) >= 11 is 3.41. The van der Waals surface area contributed by atoms with Crippen LogP contribution in [0.1, 0.15) is 12.5 Å².